The van der Waals surface area contributed by atoms with Gasteiger partial charge in [0.2, 0.25) is 5.91 Å². The molecular formula is C25H22N6O2. The number of amides is 1. The number of hydrogen-bond donors (Lipinski definition) is 1. The Kier molecular flexibility index (Phi) is 5.87. The zero-order chi connectivity index (χ0) is 23.5. The number of benzene rings is 2. The molecule has 4 aromatic rings. The summed E-state index contributed by atoms with van der Waals surface area (Å²) in [4.78, 5) is 25.4. The van der Waals surface area contributed by atoms with Crippen LogP contribution in [0.4, 0.5) is 5.82 Å². The molecule has 0 fully saturated rings. The van der Waals surface area contributed by atoms with Crippen LogP contribution in [0.2, 0.25) is 0 Å². The van der Waals surface area contributed by atoms with E-state index in [1.54, 1.807) is 24.6 Å². The van der Waals surface area contributed by atoms with Gasteiger partial charge in [-0.3, -0.25) is 9.59 Å². The molecule has 1 amide bonds. The molecule has 1 N–H and O–H groups in total. The number of hydrogen-bond acceptors (Lipinski definition) is 5. The van der Waals surface area contributed by atoms with Crippen LogP contribution in [0.3, 0.4) is 0 Å². The fourth-order valence-corrected chi connectivity index (χ4v) is 3.43. The van der Waals surface area contributed by atoms with E-state index in [1.165, 1.54) is 0 Å². The van der Waals surface area contributed by atoms with Gasteiger partial charge < -0.3 is 5.32 Å². The highest BCUT2D eigenvalue weighted by molar-refractivity contribution is 5.90. The van der Waals surface area contributed by atoms with Crippen molar-refractivity contribution in [3.63, 3.8) is 0 Å². The van der Waals surface area contributed by atoms with Gasteiger partial charge in [0.1, 0.15) is 24.0 Å². The molecule has 164 valence electrons. The van der Waals surface area contributed by atoms with E-state index in [0.29, 0.717) is 22.8 Å². The summed E-state index contributed by atoms with van der Waals surface area (Å²) in [5, 5.41) is 21.0. The Labute approximate surface area is 190 Å². The molecule has 8 heteroatoms. The first-order chi connectivity index (χ1) is 15.9. The first kappa shape index (κ1) is 21.7. The molecule has 2 aromatic carbocycles. The van der Waals surface area contributed by atoms with Crippen molar-refractivity contribution in [1.29, 1.82) is 5.26 Å². The second kappa shape index (κ2) is 8.93. The zero-order valence-electron chi connectivity index (χ0n) is 18.5. The summed E-state index contributed by atoms with van der Waals surface area (Å²) in [6, 6.07) is 21.1. The molecule has 0 bridgehead atoms. The number of carbonyl (C=O) groups excluding carboxylic acids is 1. The highest BCUT2D eigenvalue weighted by Gasteiger charge is 2.17. The lowest BCUT2D eigenvalue weighted by atomic mass is 10.1. The van der Waals surface area contributed by atoms with Crippen LogP contribution in [-0.4, -0.2) is 25.5 Å². The number of anilines is 1. The minimum Gasteiger partial charge on any atom is -0.309 e. The van der Waals surface area contributed by atoms with E-state index in [1.807, 2.05) is 67.6 Å². The predicted molar refractivity (Wildman–Crippen MR) is 125 cm³/mol. The average Bonchev–Trinajstić information content (AvgIpc) is 3.22. The van der Waals surface area contributed by atoms with E-state index in [0.717, 1.165) is 21.5 Å². The molecule has 2 heterocycles. The largest absolute Gasteiger partial charge is 0.309 e. The van der Waals surface area contributed by atoms with Crippen LogP contribution < -0.4 is 10.9 Å². The molecule has 0 atom stereocenters. The Bertz CT molecular complexity index is 1430. The van der Waals surface area contributed by atoms with Crippen molar-refractivity contribution in [2.45, 2.75) is 27.3 Å². The van der Waals surface area contributed by atoms with Crippen LogP contribution in [0, 0.1) is 32.1 Å². The topological polar surface area (TPSA) is 106 Å². The van der Waals surface area contributed by atoms with Crippen molar-refractivity contribution < 1.29 is 4.79 Å². The summed E-state index contributed by atoms with van der Waals surface area (Å²) in [6.07, 6.45) is 0. The molecule has 0 radical (unpaired) electrons. The number of nitrogens with zero attached hydrogens (tertiary/aromatic N) is 5. The normalized spacial score (nSPS) is 10.6. The van der Waals surface area contributed by atoms with Crippen LogP contribution >= 0.6 is 0 Å². The fraction of sp³-hybridized carbons (Fsp3) is 0.160. The van der Waals surface area contributed by atoms with Gasteiger partial charge in [-0.1, -0.05) is 48.0 Å². The predicted octanol–water partition coefficient (Wildman–Crippen LogP) is 3.53. The van der Waals surface area contributed by atoms with Crippen LogP contribution in [0.1, 0.15) is 22.4 Å². The van der Waals surface area contributed by atoms with E-state index in [2.05, 4.69) is 15.5 Å². The van der Waals surface area contributed by atoms with Gasteiger partial charge in [-0.25, -0.2) is 9.36 Å². The first-order valence-corrected chi connectivity index (χ1v) is 10.4. The molecule has 4 rings (SSSR count). The third-order valence-electron chi connectivity index (χ3n) is 5.37. The number of aromatic nitrogens is 4. The first-order valence-electron chi connectivity index (χ1n) is 10.4. The molecule has 0 unspecified atom stereocenters. The molecule has 0 saturated heterocycles. The minimum absolute atomic E-state index is 0.00807. The Morgan fingerprint density at radius 3 is 2.39 bits per heavy atom. The maximum absolute atomic E-state index is 12.9. The highest BCUT2D eigenvalue weighted by Crippen LogP contribution is 2.25. The maximum Gasteiger partial charge on any atom is 0.285 e. The van der Waals surface area contributed by atoms with Gasteiger partial charge >= 0.3 is 0 Å². The lowest BCUT2D eigenvalue weighted by molar-refractivity contribution is -0.117. The number of para-hydroxylation sites is 1. The molecule has 8 nitrogen and oxygen atoms in total. The van der Waals surface area contributed by atoms with Crippen molar-refractivity contribution in [2.24, 2.45) is 0 Å². The van der Waals surface area contributed by atoms with Gasteiger partial charge in [-0.05, 0) is 38.5 Å². The Hall–Kier alpha value is -4.51. The standard InChI is InChI=1S/C25H22N6O2/c1-16-9-11-19(12-10-16)22-13-23(31(29-22)20-7-5-4-6-8-20)27-24(32)15-30-25(33)21(14-26)17(2)18(3)28-30/h4-13H,15H2,1-3H3,(H,27,32). The average molecular weight is 438 g/mol. The molecule has 0 spiro atoms. The summed E-state index contributed by atoms with van der Waals surface area (Å²) >= 11 is 0. The van der Waals surface area contributed by atoms with Crippen molar-refractivity contribution in [2.75, 3.05) is 5.32 Å². The van der Waals surface area contributed by atoms with E-state index in [9.17, 15) is 14.9 Å². The number of carbonyl (C=O) groups is 1. The molecular weight excluding hydrogens is 416 g/mol. The summed E-state index contributed by atoms with van der Waals surface area (Å²) < 4.78 is 2.66. The molecule has 0 aliphatic carbocycles. The maximum atomic E-state index is 12.9. The lowest BCUT2D eigenvalue weighted by Gasteiger charge is -2.11. The number of nitriles is 1. The van der Waals surface area contributed by atoms with Crippen molar-refractivity contribution >= 4 is 11.7 Å². The van der Waals surface area contributed by atoms with E-state index < -0.39 is 11.5 Å². The lowest BCUT2D eigenvalue weighted by Crippen LogP contribution is -2.32. The molecule has 33 heavy (non-hydrogen) atoms. The van der Waals surface area contributed by atoms with E-state index >= 15 is 0 Å². The van der Waals surface area contributed by atoms with Gasteiger partial charge in [-0.15, -0.1) is 0 Å². The van der Waals surface area contributed by atoms with Crippen molar-refractivity contribution in [3.8, 4) is 23.0 Å². The van der Waals surface area contributed by atoms with E-state index in [4.69, 9.17) is 0 Å². The number of rotatable bonds is 5. The minimum atomic E-state index is -0.590. The fourth-order valence-electron chi connectivity index (χ4n) is 3.43. The van der Waals surface area contributed by atoms with Gasteiger partial charge in [0.05, 0.1) is 17.1 Å². The number of aryl methyl sites for hydroxylation is 2. The van der Waals surface area contributed by atoms with E-state index in [-0.39, 0.29) is 12.1 Å². The van der Waals surface area contributed by atoms with Crippen LogP contribution in [0.25, 0.3) is 16.9 Å². The smallest absolute Gasteiger partial charge is 0.285 e. The Morgan fingerprint density at radius 2 is 1.73 bits per heavy atom. The SMILES string of the molecule is Cc1ccc(-c2cc(NC(=O)Cn3nc(C)c(C)c(C#N)c3=O)n(-c3ccccc3)n2)cc1. The monoisotopic (exact) mass is 438 g/mol. The Morgan fingerprint density at radius 1 is 1.03 bits per heavy atom. The second-order valence-electron chi connectivity index (χ2n) is 7.74. The van der Waals surface area contributed by atoms with Crippen molar-refractivity contribution in [3.05, 3.63) is 93.4 Å². The quantitative estimate of drug-likeness (QED) is 0.513. The van der Waals surface area contributed by atoms with Gasteiger partial charge in [0.25, 0.3) is 5.56 Å². The highest BCUT2D eigenvalue weighted by atomic mass is 16.2. The van der Waals surface area contributed by atoms with Crippen LogP contribution in [0.15, 0.2) is 65.5 Å². The summed E-state index contributed by atoms with van der Waals surface area (Å²) in [6.45, 7) is 5.05. The third kappa shape index (κ3) is 4.43. The zero-order valence-corrected chi connectivity index (χ0v) is 18.5. The molecule has 0 saturated carbocycles. The summed E-state index contributed by atoms with van der Waals surface area (Å²) in [7, 11) is 0. The van der Waals surface area contributed by atoms with Gasteiger partial charge in [-0.2, -0.15) is 15.5 Å². The third-order valence-corrected chi connectivity index (χ3v) is 5.37. The van der Waals surface area contributed by atoms with Crippen LogP contribution in [-0.2, 0) is 11.3 Å². The summed E-state index contributed by atoms with van der Waals surface area (Å²) in [5.41, 5.74) is 3.97. The molecule has 0 aliphatic heterocycles. The Balaban J connectivity index is 1.68. The summed E-state index contributed by atoms with van der Waals surface area (Å²) in [5.74, 6) is 0.00319. The number of nitrogens with one attached hydrogen (secondary N) is 1. The van der Waals surface area contributed by atoms with Gasteiger partial charge in [0, 0.05) is 11.6 Å². The second-order valence-corrected chi connectivity index (χ2v) is 7.74. The molecule has 0 aliphatic rings. The van der Waals surface area contributed by atoms with Gasteiger partial charge in [0.15, 0.2) is 0 Å². The molecule has 2 aromatic heterocycles. The van der Waals surface area contributed by atoms with Crippen LogP contribution in [0.5, 0.6) is 0 Å². The van der Waals surface area contributed by atoms with Crippen molar-refractivity contribution in [1.82, 2.24) is 19.6 Å².